The molecule has 4 aliphatic carbocycles. The normalized spacial score (nSPS) is 43.0. The number of rotatable bonds is 7. The van der Waals surface area contributed by atoms with E-state index < -0.39 is 46.6 Å². The fraction of sp³-hybridized carbons (Fsp3) is 0.862. The zero-order valence-corrected chi connectivity index (χ0v) is 22.6. The number of carboxylic acids is 1. The molecule has 4 aliphatic rings. The van der Waals surface area contributed by atoms with Gasteiger partial charge in [-0.3, -0.25) is 9.59 Å². The summed E-state index contributed by atoms with van der Waals surface area (Å²) in [7, 11) is 0. The monoisotopic (exact) mass is 506 g/mol. The van der Waals surface area contributed by atoms with Crippen LogP contribution in [0, 0.1) is 34.5 Å². The van der Waals surface area contributed by atoms with Gasteiger partial charge in [0.2, 0.25) is 0 Å². The van der Waals surface area contributed by atoms with E-state index in [0.717, 1.165) is 24.8 Å². The lowest BCUT2D eigenvalue weighted by molar-refractivity contribution is -0.157. The third-order valence-electron chi connectivity index (χ3n) is 11.2. The van der Waals surface area contributed by atoms with E-state index in [4.69, 9.17) is 0 Å². The third kappa shape index (κ3) is 4.28. The molecule has 3 fully saturated rings. The van der Waals surface area contributed by atoms with Crippen LogP contribution in [0.4, 0.5) is 0 Å². The Morgan fingerprint density at radius 2 is 1.75 bits per heavy atom. The van der Waals surface area contributed by atoms with Crippen molar-refractivity contribution < 1.29 is 35.1 Å². The molecule has 0 saturated heterocycles. The molecule has 204 valence electrons. The van der Waals surface area contributed by atoms with Crippen LogP contribution in [0.5, 0.6) is 0 Å². The number of aliphatic carboxylic acids is 1. The van der Waals surface area contributed by atoms with Gasteiger partial charge in [0.1, 0.15) is 0 Å². The fourth-order valence-corrected chi connectivity index (χ4v) is 8.79. The van der Waals surface area contributed by atoms with E-state index in [1.807, 2.05) is 6.92 Å². The minimum atomic E-state index is -1.52. The Kier molecular flexibility index (Phi) is 6.85. The van der Waals surface area contributed by atoms with Crippen molar-refractivity contribution in [2.24, 2.45) is 34.5 Å². The average molecular weight is 507 g/mol. The number of carboxylic acid groups (broad SMARTS) is 1. The summed E-state index contributed by atoms with van der Waals surface area (Å²) >= 11 is 0. The van der Waals surface area contributed by atoms with Crippen LogP contribution >= 0.6 is 0 Å². The van der Waals surface area contributed by atoms with Gasteiger partial charge in [0.05, 0.1) is 29.3 Å². The molecular formula is C29H46O7. The number of carbonyl (C=O) groups excluding carboxylic acids is 1. The number of ketones is 1. The van der Waals surface area contributed by atoms with Gasteiger partial charge in [-0.15, -0.1) is 0 Å². The molecule has 0 aromatic heterocycles. The molecule has 3 saturated carbocycles. The van der Waals surface area contributed by atoms with E-state index in [2.05, 4.69) is 13.8 Å². The zero-order valence-electron chi connectivity index (χ0n) is 22.6. The Morgan fingerprint density at radius 3 is 2.36 bits per heavy atom. The highest BCUT2D eigenvalue weighted by atomic mass is 16.4. The summed E-state index contributed by atoms with van der Waals surface area (Å²) in [5, 5.41) is 54.2. The molecule has 0 unspecified atom stereocenters. The maximum absolute atomic E-state index is 13.3. The van der Waals surface area contributed by atoms with Gasteiger partial charge in [-0.2, -0.15) is 0 Å². The molecule has 0 amide bonds. The number of carbonyl (C=O) groups is 2. The average Bonchev–Trinajstić information content (AvgIpc) is 3.04. The maximum atomic E-state index is 13.3. The van der Waals surface area contributed by atoms with Crippen molar-refractivity contribution in [3.63, 3.8) is 0 Å². The van der Waals surface area contributed by atoms with Gasteiger partial charge < -0.3 is 25.5 Å². The van der Waals surface area contributed by atoms with E-state index in [1.165, 1.54) is 0 Å². The SMILES string of the molecule is C[C@@H]([C@H]1CC[C@@]2(O)C3=CC(=O)[C@@H]4C[C@@H](O)CC[C@]4(C)[C@H]3CC[C@]12C)[C@](O)(CCC(C)(C)O)CC(=O)O. The first-order chi connectivity index (χ1) is 16.5. The highest BCUT2D eigenvalue weighted by Crippen LogP contribution is 2.68. The first-order valence-corrected chi connectivity index (χ1v) is 13.8. The molecule has 0 aromatic carbocycles. The van der Waals surface area contributed by atoms with Gasteiger partial charge in [0.15, 0.2) is 5.78 Å². The van der Waals surface area contributed by atoms with E-state index in [-0.39, 0.29) is 41.8 Å². The smallest absolute Gasteiger partial charge is 0.306 e. The summed E-state index contributed by atoms with van der Waals surface area (Å²) in [6.07, 6.45) is 5.81. The minimum Gasteiger partial charge on any atom is -0.481 e. The molecule has 7 heteroatoms. The summed E-state index contributed by atoms with van der Waals surface area (Å²) in [5.41, 5.74) is -3.79. The Bertz CT molecular complexity index is 936. The van der Waals surface area contributed by atoms with Crippen LogP contribution < -0.4 is 0 Å². The van der Waals surface area contributed by atoms with Gasteiger partial charge in [0.25, 0.3) is 0 Å². The number of fused-ring (bicyclic) bond motifs is 5. The van der Waals surface area contributed by atoms with E-state index in [1.54, 1.807) is 19.9 Å². The minimum absolute atomic E-state index is 0.00392. The molecule has 0 heterocycles. The lowest BCUT2D eigenvalue weighted by atomic mass is 9.46. The summed E-state index contributed by atoms with van der Waals surface area (Å²) < 4.78 is 0. The first-order valence-electron chi connectivity index (χ1n) is 13.8. The second-order valence-electron chi connectivity index (χ2n) is 13.8. The van der Waals surface area contributed by atoms with Crippen molar-refractivity contribution in [2.75, 3.05) is 0 Å². The zero-order chi connectivity index (χ0) is 26.9. The molecule has 0 aliphatic heterocycles. The van der Waals surface area contributed by atoms with Gasteiger partial charge in [-0.1, -0.05) is 20.8 Å². The Hall–Kier alpha value is -1.28. The Balaban J connectivity index is 1.68. The second kappa shape index (κ2) is 8.89. The molecule has 0 aromatic rings. The van der Waals surface area contributed by atoms with Crippen LogP contribution in [0.15, 0.2) is 11.6 Å². The van der Waals surface area contributed by atoms with Gasteiger partial charge in [-0.05, 0) is 106 Å². The number of allylic oxidation sites excluding steroid dienone is 1. The molecule has 0 radical (unpaired) electrons. The van der Waals surface area contributed by atoms with Crippen LogP contribution in [0.2, 0.25) is 0 Å². The van der Waals surface area contributed by atoms with E-state index >= 15 is 0 Å². The van der Waals surface area contributed by atoms with Crippen molar-refractivity contribution in [2.45, 2.75) is 122 Å². The van der Waals surface area contributed by atoms with Crippen LogP contribution in [-0.4, -0.2) is 60.2 Å². The quantitative estimate of drug-likeness (QED) is 0.356. The molecule has 0 spiro atoms. The van der Waals surface area contributed by atoms with E-state index in [0.29, 0.717) is 25.7 Å². The molecule has 36 heavy (non-hydrogen) atoms. The van der Waals surface area contributed by atoms with Crippen molar-refractivity contribution in [3.05, 3.63) is 11.6 Å². The predicted octanol–water partition coefficient (Wildman–Crippen LogP) is 3.61. The standard InChI is InChI=1S/C29H46O7/c1-17(28(35,16-24(32)33)13-12-25(2,3)34)19-8-11-29(36)21-15-23(31)22-14-18(30)6-9-26(22,4)20(21)7-10-27(19,29)5/h15,17-20,22,30,34-36H,6-14,16H2,1-5H3,(H,32,33)/t17-,18-,19+,20-,22-,26+,27+,28-,29+/m0/s1. The Morgan fingerprint density at radius 1 is 1.08 bits per heavy atom. The predicted molar refractivity (Wildman–Crippen MR) is 135 cm³/mol. The highest BCUT2D eigenvalue weighted by molar-refractivity contribution is 5.95. The summed E-state index contributed by atoms with van der Waals surface area (Å²) in [6.45, 7) is 9.41. The first kappa shape index (κ1) is 27.7. The molecule has 7 nitrogen and oxygen atoms in total. The highest BCUT2D eigenvalue weighted by Gasteiger charge is 2.67. The van der Waals surface area contributed by atoms with Crippen LogP contribution in [0.25, 0.3) is 0 Å². The number of aliphatic hydroxyl groups is 4. The number of hydrogen-bond donors (Lipinski definition) is 5. The summed E-state index contributed by atoms with van der Waals surface area (Å²) in [4.78, 5) is 25.1. The lowest BCUT2D eigenvalue weighted by Gasteiger charge is -2.60. The number of aliphatic hydroxyl groups excluding tert-OH is 1. The Labute approximate surface area is 215 Å². The maximum Gasteiger partial charge on any atom is 0.306 e. The van der Waals surface area contributed by atoms with Crippen molar-refractivity contribution in [1.29, 1.82) is 0 Å². The molecule has 4 rings (SSSR count). The molecule has 9 atom stereocenters. The largest absolute Gasteiger partial charge is 0.481 e. The van der Waals surface area contributed by atoms with Gasteiger partial charge >= 0.3 is 5.97 Å². The van der Waals surface area contributed by atoms with Crippen molar-refractivity contribution in [3.8, 4) is 0 Å². The van der Waals surface area contributed by atoms with Gasteiger partial charge in [0, 0.05) is 11.3 Å². The number of hydrogen-bond acceptors (Lipinski definition) is 6. The van der Waals surface area contributed by atoms with Crippen LogP contribution in [0.1, 0.15) is 98.8 Å². The second-order valence-corrected chi connectivity index (χ2v) is 13.8. The van der Waals surface area contributed by atoms with Crippen LogP contribution in [-0.2, 0) is 9.59 Å². The van der Waals surface area contributed by atoms with Crippen molar-refractivity contribution >= 4 is 11.8 Å². The van der Waals surface area contributed by atoms with Crippen molar-refractivity contribution in [1.82, 2.24) is 0 Å². The molecular weight excluding hydrogens is 460 g/mol. The fourth-order valence-electron chi connectivity index (χ4n) is 8.79. The lowest BCUT2D eigenvalue weighted by Crippen LogP contribution is -2.60. The van der Waals surface area contributed by atoms with Gasteiger partial charge in [-0.25, -0.2) is 0 Å². The topological polar surface area (TPSA) is 135 Å². The summed E-state index contributed by atoms with van der Waals surface area (Å²) in [6, 6.07) is 0. The van der Waals surface area contributed by atoms with E-state index in [9.17, 15) is 35.1 Å². The molecule has 5 N–H and O–H groups in total. The van der Waals surface area contributed by atoms with Crippen LogP contribution in [0.3, 0.4) is 0 Å². The summed E-state index contributed by atoms with van der Waals surface area (Å²) in [5.74, 6) is -1.77. The molecule has 0 bridgehead atoms. The third-order valence-corrected chi connectivity index (χ3v) is 11.2.